The largest absolute Gasteiger partial charge is 0.494 e. The minimum atomic E-state index is 0.0474. The molecule has 2 N–H and O–H groups in total. The number of hydrogen-bond donors (Lipinski definition) is 2. The molecule has 1 aromatic carbocycles. The first-order valence-electron chi connectivity index (χ1n) is 6.88. The predicted octanol–water partition coefficient (Wildman–Crippen LogP) is 2.85. The first-order valence-corrected chi connectivity index (χ1v) is 7.67. The number of hydrogen-bond acceptors (Lipinski definition) is 3. The van der Waals surface area contributed by atoms with Gasteiger partial charge in [-0.2, -0.15) is 0 Å². The monoisotopic (exact) mass is 342 g/mol. The Morgan fingerprint density at radius 1 is 1.40 bits per heavy atom. The summed E-state index contributed by atoms with van der Waals surface area (Å²) in [7, 11) is 1.64. The number of ether oxygens (including phenoxy) is 1. The Balaban J connectivity index is 2.46. The second kappa shape index (κ2) is 8.97. The Labute approximate surface area is 129 Å². The van der Waals surface area contributed by atoms with Gasteiger partial charge in [-0.15, -0.1) is 0 Å². The van der Waals surface area contributed by atoms with Gasteiger partial charge in [-0.3, -0.25) is 4.79 Å². The van der Waals surface area contributed by atoms with E-state index in [1.807, 2.05) is 18.2 Å². The first kappa shape index (κ1) is 17.0. The molecule has 0 radical (unpaired) electrons. The summed E-state index contributed by atoms with van der Waals surface area (Å²) < 4.78 is 6.75. The predicted molar refractivity (Wildman–Crippen MR) is 84.9 cm³/mol. The Morgan fingerprint density at radius 2 is 2.15 bits per heavy atom. The number of nitrogens with one attached hydrogen (secondary N) is 2. The number of carbonyl (C=O) groups is 1. The van der Waals surface area contributed by atoms with Gasteiger partial charge in [0.1, 0.15) is 5.75 Å². The lowest BCUT2D eigenvalue weighted by atomic mass is 10.2. The van der Waals surface area contributed by atoms with Gasteiger partial charge >= 0.3 is 0 Å². The first-order chi connectivity index (χ1) is 9.52. The summed E-state index contributed by atoms with van der Waals surface area (Å²) in [6.07, 6.45) is 1.21. The van der Waals surface area contributed by atoms with E-state index in [1.54, 1.807) is 7.05 Å². The van der Waals surface area contributed by atoms with Crippen molar-refractivity contribution in [3.63, 3.8) is 0 Å². The van der Waals surface area contributed by atoms with Crippen LogP contribution < -0.4 is 15.4 Å². The quantitative estimate of drug-likeness (QED) is 0.714. The molecule has 20 heavy (non-hydrogen) atoms. The molecular formula is C15H23BrN2O2. The van der Waals surface area contributed by atoms with Crippen LogP contribution in [0, 0.1) is 0 Å². The highest BCUT2D eigenvalue weighted by Crippen LogP contribution is 2.22. The van der Waals surface area contributed by atoms with E-state index in [9.17, 15) is 4.79 Å². The highest BCUT2D eigenvalue weighted by Gasteiger charge is 2.04. The van der Waals surface area contributed by atoms with Crippen molar-refractivity contribution in [3.05, 3.63) is 28.2 Å². The maximum atomic E-state index is 11.1. The van der Waals surface area contributed by atoms with Crippen LogP contribution in [0.25, 0.3) is 0 Å². The molecule has 0 spiro atoms. The molecule has 0 aromatic heterocycles. The molecule has 0 saturated carbocycles. The fraction of sp³-hybridized carbons (Fsp3) is 0.533. The molecule has 0 fully saturated rings. The molecule has 0 unspecified atom stereocenters. The maximum Gasteiger partial charge on any atom is 0.219 e. The van der Waals surface area contributed by atoms with Crippen LogP contribution in [0.5, 0.6) is 5.75 Å². The summed E-state index contributed by atoms with van der Waals surface area (Å²) in [5, 5.41) is 5.98. The Kier molecular flexibility index (Phi) is 7.62. The van der Waals surface area contributed by atoms with Crippen molar-refractivity contribution in [3.8, 4) is 5.75 Å². The van der Waals surface area contributed by atoms with Gasteiger partial charge in [0.25, 0.3) is 0 Å². The lowest BCUT2D eigenvalue weighted by Gasteiger charge is -2.12. The number of rotatable bonds is 8. The van der Waals surface area contributed by atoms with Crippen molar-refractivity contribution in [1.82, 2.24) is 10.6 Å². The van der Waals surface area contributed by atoms with Crippen LogP contribution in [-0.4, -0.2) is 25.6 Å². The zero-order valence-corrected chi connectivity index (χ0v) is 13.9. The minimum absolute atomic E-state index is 0.0474. The molecule has 0 aliphatic rings. The van der Waals surface area contributed by atoms with Crippen LogP contribution >= 0.6 is 15.9 Å². The van der Waals surface area contributed by atoms with E-state index in [2.05, 4.69) is 40.4 Å². The van der Waals surface area contributed by atoms with Gasteiger partial charge in [0, 0.05) is 30.5 Å². The summed E-state index contributed by atoms with van der Waals surface area (Å²) >= 11 is 3.54. The van der Waals surface area contributed by atoms with Crippen LogP contribution in [0.2, 0.25) is 0 Å². The van der Waals surface area contributed by atoms with Crippen molar-refractivity contribution in [1.29, 1.82) is 0 Å². The van der Waals surface area contributed by atoms with E-state index in [0.29, 0.717) is 19.1 Å². The van der Waals surface area contributed by atoms with Crippen LogP contribution in [0.4, 0.5) is 0 Å². The van der Waals surface area contributed by atoms with E-state index in [1.165, 1.54) is 5.56 Å². The van der Waals surface area contributed by atoms with Crippen LogP contribution in [0.3, 0.4) is 0 Å². The Bertz CT molecular complexity index is 436. The molecule has 112 valence electrons. The lowest BCUT2D eigenvalue weighted by Crippen LogP contribution is -2.22. The molecule has 0 aliphatic heterocycles. The van der Waals surface area contributed by atoms with Crippen LogP contribution in [-0.2, 0) is 11.3 Å². The highest BCUT2D eigenvalue weighted by molar-refractivity contribution is 9.10. The normalized spacial score (nSPS) is 10.7. The van der Waals surface area contributed by atoms with E-state index in [-0.39, 0.29) is 5.91 Å². The SMILES string of the molecule is CNC(=O)CCCOc1ccc(Br)c(CNC(C)C)c1. The average molecular weight is 343 g/mol. The van der Waals surface area contributed by atoms with Crippen LogP contribution in [0.15, 0.2) is 22.7 Å². The van der Waals surface area contributed by atoms with Gasteiger partial charge in [0.15, 0.2) is 0 Å². The van der Waals surface area contributed by atoms with Gasteiger partial charge < -0.3 is 15.4 Å². The number of carbonyl (C=O) groups excluding carboxylic acids is 1. The highest BCUT2D eigenvalue weighted by atomic mass is 79.9. The molecule has 0 aliphatic carbocycles. The molecule has 0 bridgehead atoms. The zero-order valence-electron chi connectivity index (χ0n) is 12.3. The maximum absolute atomic E-state index is 11.1. The van der Waals surface area contributed by atoms with Crippen molar-refractivity contribution in [2.24, 2.45) is 0 Å². The Hall–Kier alpha value is -1.07. The van der Waals surface area contributed by atoms with Crippen LogP contribution in [0.1, 0.15) is 32.3 Å². The van der Waals surface area contributed by atoms with Gasteiger partial charge in [-0.05, 0) is 30.2 Å². The molecule has 0 heterocycles. The van der Waals surface area contributed by atoms with Gasteiger partial charge in [-0.1, -0.05) is 29.8 Å². The van der Waals surface area contributed by atoms with E-state index >= 15 is 0 Å². The van der Waals surface area contributed by atoms with Gasteiger partial charge in [-0.25, -0.2) is 0 Å². The van der Waals surface area contributed by atoms with E-state index in [0.717, 1.165) is 23.2 Å². The second-order valence-corrected chi connectivity index (χ2v) is 5.77. The summed E-state index contributed by atoms with van der Waals surface area (Å²) in [5.41, 5.74) is 1.17. The lowest BCUT2D eigenvalue weighted by molar-refractivity contribution is -0.120. The second-order valence-electron chi connectivity index (χ2n) is 4.91. The standard InChI is InChI=1S/C15H23BrN2O2/c1-11(2)18-10-12-9-13(6-7-14(12)16)20-8-4-5-15(19)17-3/h6-7,9,11,18H,4-5,8,10H2,1-3H3,(H,17,19). The molecule has 4 nitrogen and oxygen atoms in total. The van der Waals surface area contributed by atoms with Crippen molar-refractivity contribution < 1.29 is 9.53 Å². The Morgan fingerprint density at radius 3 is 2.80 bits per heavy atom. The van der Waals surface area contributed by atoms with E-state index < -0.39 is 0 Å². The molecule has 5 heteroatoms. The fourth-order valence-electron chi connectivity index (χ4n) is 1.64. The number of amides is 1. The summed E-state index contributed by atoms with van der Waals surface area (Å²) in [6.45, 7) is 5.58. The third-order valence-corrected chi connectivity index (χ3v) is 3.59. The topological polar surface area (TPSA) is 50.4 Å². The number of halogens is 1. The third kappa shape index (κ3) is 6.39. The molecular weight excluding hydrogens is 320 g/mol. The molecule has 1 aromatic rings. The summed E-state index contributed by atoms with van der Waals surface area (Å²) in [6, 6.07) is 6.40. The molecule has 1 amide bonds. The molecule has 0 saturated heterocycles. The summed E-state index contributed by atoms with van der Waals surface area (Å²) in [5.74, 6) is 0.886. The minimum Gasteiger partial charge on any atom is -0.494 e. The smallest absolute Gasteiger partial charge is 0.219 e. The van der Waals surface area contributed by atoms with Crippen molar-refractivity contribution in [2.75, 3.05) is 13.7 Å². The molecule has 1 rings (SSSR count). The van der Waals surface area contributed by atoms with Crippen molar-refractivity contribution in [2.45, 2.75) is 39.3 Å². The zero-order chi connectivity index (χ0) is 15.0. The van der Waals surface area contributed by atoms with Gasteiger partial charge in [0.05, 0.1) is 6.61 Å². The third-order valence-electron chi connectivity index (χ3n) is 2.81. The fourth-order valence-corrected chi connectivity index (χ4v) is 2.02. The van der Waals surface area contributed by atoms with Gasteiger partial charge in [0.2, 0.25) is 5.91 Å². The summed E-state index contributed by atoms with van der Waals surface area (Å²) in [4.78, 5) is 11.1. The van der Waals surface area contributed by atoms with E-state index in [4.69, 9.17) is 4.74 Å². The number of benzene rings is 1. The average Bonchev–Trinajstić information content (AvgIpc) is 2.43. The van der Waals surface area contributed by atoms with Crippen molar-refractivity contribution >= 4 is 21.8 Å². The molecule has 0 atom stereocenters.